The molecule has 0 radical (unpaired) electrons. The fraction of sp³-hybridized carbons (Fsp3) is 0.545. The van der Waals surface area contributed by atoms with E-state index in [-0.39, 0.29) is 6.03 Å². The van der Waals surface area contributed by atoms with Gasteiger partial charge in [0.25, 0.3) is 0 Å². The van der Waals surface area contributed by atoms with E-state index in [0.717, 1.165) is 5.82 Å². The second-order valence-corrected chi connectivity index (χ2v) is 4.29. The van der Waals surface area contributed by atoms with Crippen LogP contribution in [0.1, 0.15) is 12.2 Å². The molecule has 0 spiro atoms. The lowest BCUT2D eigenvalue weighted by molar-refractivity contribution is -0.141. The zero-order valence-electron chi connectivity index (χ0n) is 9.93. The van der Waals surface area contributed by atoms with Gasteiger partial charge in [0.2, 0.25) is 0 Å². The van der Waals surface area contributed by atoms with Crippen molar-refractivity contribution in [1.29, 1.82) is 0 Å². The van der Waals surface area contributed by atoms with Crippen molar-refractivity contribution in [1.82, 2.24) is 20.2 Å². The van der Waals surface area contributed by atoms with Crippen LogP contribution in [-0.4, -0.2) is 51.6 Å². The van der Waals surface area contributed by atoms with Crippen LogP contribution in [0.25, 0.3) is 0 Å². The Hall–Kier alpha value is -2.05. The number of amides is 2. The zero-order valence-corrected chi connectivity index (χ0v) is 9.93. The second kappa shape index (κ2) is 5.52. The molecule has 0 saturated carbocycles. The first-order chi connectivity index (χ1) is 8.66. The number of hydrogen-bond donors (Lipinski definition) is 3. The molecule has 2 heterocycles. The molecule has 0 bridgehead atoms. The molecule has 0 aliphatic carbocycles. The van der Waals surface area contributed by atoms with Gasteiger partial charge in [-0.15, -0.1) is 0 Å². The Balaban J connectivity index is 1.71. The van der Waals surface area contributed by atoms with Gasteiger partial charge in [0.05, 0.1) is 5.92 Å². The van der Waals surface area contributed by atoms with E-state index in [4.69, 9.17) is 5.11 Å². The summed E-state index contributed by atoms with van der Waals surface area (Å²) in [4.78, 5) is 31.0. The lowest BCUT2D eigenvalue weighted by Gasteiger charge is -2.16. The summed E-state index contributed by atoms with van der Waals surface area (Å²) in [5, 5.41) is 11.6. The number of carbonyl (C=O) groups is 2. The van der Waals surface area contributed by atoms with Crippen molar-refractivity contribution in [2.24, 2.45) is 5.92 Å². The molecular weight excluding hydrogens is 236 g/mol. The van der Waals surface area contributed by atoms with Crippen LogP contribution in [0, 0.1) is 5.92 Å². The number of nitrogens with one attached hydrogen (secondary N) is 2. The van der Waals surface area contributed by atoms with Crippen molar-refractivity contribution >= 4 is 12.0 Å². The van der Waals surface area contributed by atoms with Crippen LogP contribution < -0.4 is 5.32 Å². The van der Waals surface area contributed by atoms with E-state index in [1.165, 1.54) is 0 Å². The Morgan fingerprint density at radius 3 is 3.06 bits per heavy atom. The summed E-state index contributed by atoms with van der Waals surface area (Å²) in [6, 6.07) is -0.203. The second-order valence-electron chi connectivity index (χ2n) is 4.29. The van der Waals surface area contributed by atoms with Gasteiger partial charge in [-0.2, -0.15) is 0 Å². The number of aromatic amines is 1. The summed E-state index contributed by atoms with van der Waals surface area (Å²) in [7, 11) is 0. The SMILES string of the molecule is O=C(O)C1CCN(C(=O)NCCc2ncc[nH]2)C1. The molecule has 1 unspecified atom stereocenters. The van der Waals surface area contributed by atoms with Gasteiger partial charge >= 0.3 is 12.0 Å². The molecule has 1 fully saturated rings. The average Bonchev–Trinajstić information content (AvgIpc) is 2.99. The first-order valence-electron chi connectivity index (χ1n) is 5.90. The molecule has 2 amide bonds. The van der Waals surface area contributed by atoms with Crippen LogP contribution in [0.15, 0.2) is 12.4 Å². The quantitative estimate of drug-likeness (QED) is 0.706. The van der Waals surface area contributed by atoms with Crippen molar-refractivity contribution in [2.45, 2.75) is 12.8 Å². The normalized spacial score (nSPS) is 18.9. The number of carboxylic acids is 1. The van der Waals surface area contributed by atoms with Crippen molar-refractivity contribution in [3.05, 3.63) is 18.2 Å². The number of imidazole rings is 1. The summed E-state index contributed by atoms with van der Waals surface area (Å²) in [5.74, 6) is -0.443. The maximum Gasteiger partial charge on any atom is 0.317 e. The Labute approximate surface area is 104 Å². The number of nitrogens with zero attached hydrogens (tertiary/aromatic N) is 2. The molecule has 1 aliphatic rings. The Kier molecular flexibility index (Phi) is 3.81. The smallest absolute Gasteiger partial charge is 0.317 e. The topological polar surface area (TPSA) is 98.3 Å². The monoisotopic (exact) mass is 252 g/mol. The molecular formula is C11H16N4O3. The number of aromatic nitrogens is 2. The molecule has 2 rings (SSSR count). The van der Waals surface area contributed by atoms with Crippen LogP contribution in [0.5, 0.6) is 0 Å². The first-order valence-corrected chi connectivity index (χ1v) is 5.90. The fourth-order valence-corrected chi connectivity index (χ4v) is 1.98. The number of urea groups is 1. The zero-order chi connectivity index (χ0) is 13.0. The highest BCUT2D eigenvalue weighted by atomic mass is 16.4. The molecule has 1 aliphatic heterocycles. The number of rotatable bonds is 4. The molecule has 7 nitrogen and oxygen atoms in total. The highest BCUT2D eigenvalue weighted by Crippen LogP contribution is 2.15. The summed E-state index contributed by atoms with van der Waals surface area (Å²) in [6.45, 7) is 1.28. The van der Waals surface area contributed by atoms with Crippen LogP contribution in [0.2, 0.25) is 0 Å². The number of H-pyrrole nitrogens is 1. The third-order valence-corrected chi connectivity index (χ3v) is 3.02. The van der Waals surface area contributed by atoms with Crippen molar-refractivity contribution in [2.75, 3.05) is 19.6 Å². The molecule has 7 heteroatoms. The maximum atomic E-state index is 11.7. The van der Waals surface area contributed by atoms with E-state index in [0.29, 0.717) is 32.5 Å². The van der Waals surface area contributed by atoms with E-state index in [1.807, 2.05) is 0 Å². The predicted molar refractivity (Wildman–Crippen MR) is 63.0 cm³/mol. The molecule has 0 aromatic carbocycles. The third kappa shape index (κ3) is 2.99. The predicted octanol–water partition coefficient (Wildman–Crippen LogP) is 0.0683. The third-order valence-electron chi connectivity index (χ3n) is 3.02. The fourth-order valence-electron chi connectivity index (χ4n) is 1.98. The number of carboxylic acid groups (broad SMARTS) is 1. The van der Waals surface area contributed by atoms with E-state index in [1.54, 1.807) is 17.3 Å². The van der Waals surface area contributed by atoms with E-state index < -0.39 is 11.9 Å². The maximum absolute atomic E-state index is 11.7. The van der Waals surface area contributed by atoms with E-state index in [2.05, 4.69) is 15.3 Å². The van der Waals surface area contributed by atoms with Crippen molar-refractivity contribution in [3.63, 3.8) is 0 Å². The number of carbonyl (C=O) groups excluding carboxylic acids is 1. The largest absolute Gasteiger partial charge is 0.481 e. The van der Waals surface area contributed by atoms with Gasteiger partial charge in [0.15, 0.2) is 0 Å². The molecule has 1 saturated heterocycles. The Morgan fingerprint density at radius 1 is 1.61 bits per heavy atom. The van der Waals surface area contributed by atoms with Gasteiger partial charge in [0.1, 0.15) is 5.82 Å². The number of likely N-dealkylation sites (tertiary alicyclic amines) is 1. The molecule has 1 atom stereocenters. The summed E-state index contributed by atoms with van der Waals surface area (Å²) in [6.07, 6.45) is 4.56. The Bertz CT molecular complexity index is 418. The van der Waals surface area contributed by atoms with Gasteiger partial charge in [0, 0.05) is 38.4 Å². The molecule has 3 N–H and O–H groups in total. The summed E-state index contributed by atoms with van der Waals surface area (Å²) in [5.41, 5.74) is 0. The average molecular weight is 252 g/mol. The van der Waals surface area contributed by atoms with Crippen LogP contribution in [0.3, 0.4) is 0 Å². The van der Waals surface area contributed by atoms with E-state index >= 15 is 0 Å². The lowest BCUT2D eigenvalue weighted by atomic mass is 10.1. The van der Waals surface area contributed by atoms with Gasteiger partial charge < -0.3 is 20.3 Å². The number of hydrogen-bond acceptors (Lipinski definition) is 3. The molecule has 1 aromatic heterocycles. The molecule has 98 valence electrons. The van der Waals surface area contributed by atoms with Gasteiger partial charge in [-0.25, -0.2) is 9.78 Å². The van der Waals surface area contributed by atoms with Gasteiger partial charge in [-0.05, 0) is 6.42 Å². The van der Waals surface area contributed by atoms with Crippen LogP contribution in [0.4, 0.5) is 4.79 Å². The highest BCUT2D eigenvalue weighted by Gasteiger charge is 2.30. The van der Waals surface area contributed by atoms with Crippen LogP contribution in [-0.2, 0) is 11.2 Å². The van der Waals surface area contributed by atoms with Gasteiger partial charge in [-0.3, -0.25) is 4.79 Å². The van der Waals surface area contributed by atoms with E-state index in [9.17, 15) is 9.59 Å². The highest BCUT2D eigenvalue weighted by molar-refractivity contribution is 5.77. The lowest BCUT2D eigenvalue weighted by Crippen LogP contribution is -2.39. The molecule has 1 aromatic rings. The summed E-state index contributed by atoms with van der Waals surface area (Å²) >= 11 is 0. The number of aliphatic carboxylic acids is 1. The minimum Gasteiger partial charge on any atom is -0.481 e. The molecule has 18 heavy (non-hydrogen) atoms. The van der Waals surface area contributed by atoms with Gasteiger partial charge in [-0.1, -0.05) is 0 Å². The minimum absolute atomic E-state index is 0.203. The minimum atomic E-state index is -0.833. The standard InChI is InChI=1S/C11H16N4O3/c16-10(17)8-2-6-15(7-8)11(18)14-3-1-9-12-4-5-13-9/h4-5,8H,1-3,6-7H2,(H,12,13)(H,14,18)(H,16,17). The summed E-state index contributed by atoms with van der Waals surface area (Å²) < 4.78 is 0. The van der Waals surface area contributed by atoms with Crippen LogP contribution >= 0.6 is 0 Å². The van der Waals surface area contributed by atoms with Crippen molar-refractivity contribution < 1.29 is 14.7 Å². The Morgan fingerprint density at radius 2 is 2.44 bits per heavy atom. The van der Waals surface area contributed by atoms with Crippen molar-refractivity contribution in [3.8, 4) is 0 Å². The first kappa shape index (κ1) is 12.4.